The van der Waals surface area contributed by atoms with Crippen LogP contribution in [0.1, 0.15) is 17.8 Å². The Hall–Kier alpha value is -2.56. The number of H-pyrrole nitrogens is 2. The van der Waals surface area contributed by atoms with Gasteiger partial charge in [0, 0.05) is 42.5 Å². The number of carbonyl (C=O) groups is 1. The summed E-state index contributed by atoms with van der Waals surface area (Å²) in [4.78, 5) is 22.0. The first-order valence-electron chi connectivity index (χ1n) is 7.12. The summed E-state index contributed by atoms with van der Waals surface area (Å²) in [6, 6.07) is 10.3. The minimum Gasteiger partial charge on any atom is -0.358 e. The van der Waals surface area contributed by atoms with Crippen molar-refractivity contribution in [2.45, 2.75) is 19.3 Å². The van der Waals surface area contributed by atoms with Gasteiger partial charge in [0.2, 0.25) is 5.91 Å². The molecule has 2 heterocycles. The fourth-order valence-corrected chi connectivity index (χ4v) is 2.36. The third-order valence-electron chi connectivity index (χ3n) is 3.48. The van der Waals surface area contributed by atoms with Crippen LogP contribution in [0.15, 0.2) is 42.9 Å². The number of para-hydroxylation sites is 1. The van der Waals surface area contributed by atoms with Gasteiger partial charge in [-0.3, -0.25) is 4.79 Å². The smallest absolute Gasteiger partial charge is 0.220 e. The Balaban J connectivity index is 1.44. The largest absolute Gasteiger partial charge is 0.358 e. The third-order valence-corrected chi connectivity index (χ3v) is 3.48. The minimum atomic E-state index is 0.0701. The maximum Gasteiger partial charge on any atom is 0.220 e. The summed E-state index contributed by atoms with van der Waals surface area (Å²) < 4.78 is 0. The molecule has 5 heteroatoms. The summed E-state index contributed by atoms with van der Waals surface area (Å²) in [6.07, 6.45) is 5.36. The molecule has 0 unspecified atom stereocenters. The summed E-state index contributed by atoms with van der Waals surface area (Å²) in [5, 5.41) is 4.15. The fourth-order valence-electron chi connectivity index (χ4n) is 2.36. The number of hydrogen-bond acceptors (Lipinski definition) is 2. The van der Waals surface area contributed by atoms with E-state index in [1.54, 1.807) is 12.5 Å². The number of hydrogen-bond donors (Lipinski definition) is 3. The molecule has 1 amide bonds. The number of fused-ring (bicyclic) bond motifs is 1. The van der Waals surface area contributed by atoms with Crippen LogP contribution in [-0.4, -0.2) is 27.4 Å². The van der Waals surface area contributed by atoms with E-state index < -0.39 is 0 Å². The maximum atomic E-state index is 11.7. The molecular formula is C16H18N4O. The van der Waals surface area contributed by atoms with Crippen molar-refractivity contribution in [3.05, 3.63) is 54.2 Å². The van der Waals surface area contributed by atoms with E-state index in [0.29, 0.717) is 19.4 Å². The number of amides is 1. The first-order chi connectivity index (χ1) is 10.3. The van der Waals surface area contributed by atoms with E-state index in [0.717, 1.165) is 23.3 Å². The van der Waals surface area contributed by atoms with Crippen molar-refractivity contribution in [1.82, 2.24) is 20.3 Å². The Morgan fingerprint density at radius 2 is 2.10 bits per heavy atom. The third kappa shape index (κ3) is 3.51. The van der Waals surface area contributed by atoms with Crippen molar-refractivity contribution in [2.75, 3.05) is 6.54 Å². The SMILES string of the molecule is O=C(CCc1cnc[nH]1)NCCc1cc2ccccc2[nH]1. The average molecular weight is 282 g/mol. The van der Waals surface area contributed by atoms with Gasteiger partial charge in [-0.2, -0.15) is 0 Å². The fraction of sp³-hybridized carbons (Fsp3) is 0.250. The van der Waals surface area contributed by atoms with Crippen molar-refractivity contribution >= 4 is 16.8 Å². The van der Waals surface area contributed by atoms with Gasteiger partial charge in [-0.15, -0.1) is 0 Å². The molecule has 0 saturated heterocycles. The minimum absolute atomic E-state index is 0.0701. The van der Waals surface area contributed by atoms with Gasteiger partial charge in [-0.1, -0.05) is 18.2 Å². The number of imidazole rings is 1. The van der Waals surface area contributed by atoms with Crippen LogP contribution < -0.4 is 5.32 Å². The van der Waals surface area contributed by atoms with Gasteiger partial charge in [0.05, 0.1) is 6.33 Å². The molecule has 21 heavy (non-hydrogen) atoms. The molecule has 0 aliphatic rings. The Kier molecular flexibility index (Phi) is 4.00. The van der Waals surface area contributed by atoms with Gasteiger partial charge < -0.3 is 15.3 Å². The van der Waals surface area contributed by atoms with Crippen LogP contribution in [0.2, 0.25) is 0 Å². The van der Waals surface area contributed by atoms with Gasteiger partial charge in [0.25, 0.3) is 0 Å². The van der Waals surface area contributed by atoms with E-state index in [9.17, 15) is 4.79 Å². The number of aryl methyl sites for hydroxylation is 1. The molecule has 0 fully saturated rings. The van der Waals surface area contributed by atoms with Crippen molar-refractivity contribution < 1.29 is 4.79 Å². The molecule has 0 saturated carbocycles. The molecule has 5 nitrogen and oxygen atoms in total. The van der Waals surface area contributed by atoms with Crippen molar-refractivity contribution in [3.63, 3.8) is 0 Å². The summed E-state index contributed by atoms with van der Waals surface area (Å²) in [6.45, 7) is 0.647. The normalized spacial score (nSPS) is 10.9. The van der Waals surface area contributed by atoms with E-state index in [4.69, 9.17) is 0 Å². The number of nitrogens with one attached hydrogen (secondary N) is 3. The maximum absolute atomic E-state index is 11.7. The van der Waals surface area contributed by atoms with Crippen molar-refractivity contribution in [1.29, 1.82) is 0 Å². The topological polar surface area (TPSA) is 73.6 Å². The van der Waals surface area contributed by atoms with Gasteiger partial charge in [-0.25, -0.2) is 4.98 Å². The molecule has 3 aromatic rings. The summed E-state index contributed by atoms with van der Waals surface area (Å²) in [5.74, 6) is 0.0701. The molecule has 1 aromatic carbocycles. The summed E-state index contributed by atoms with van der Waals surface area (Å²) in [5.41, 5.74) is 3.27. The van der Waals surface area contributed by atoms with E-state index in [1.807, 2.05) is 12.1 Å². The van der Waals surface area contributed by atoms with Crippen LogP contribution >= 0.6 is 0 Å². The molecule has 0 spiro atoms. The highest BCUT2D eigenvalue weighted by Crippen LogP contribution is 2.14. The molecule has 0 aliphatic carbocycles. The molecule has 0 bridgehead atoms. The monoisotopic (exact) mass is 282 g/mol. The van der Waals surface area contributed by atoms with Crippen molar-refractivity contribution in [2.24, 2.45) is 0 Å². The molecule has 2 aromatic heterocycles. The first-order valence-corrected chi connectivity index (χ1v) is 7.12. The quantitative estimate of drug-likeness (QED) is 0.648. The second-order valence-electron chi connectivity index (χ2n) is 5.06. The number of nitrogens with zero attached hydrogens (tertiary/aromatic N) is 1. The lowest BCUT2D eigenvalue weighted by Crippen LogP contribution is -2.25. The molecule has 0 atom stereocenters. The molecule has 0 aliphatic heterocycles. The molecule has 0 radical (unpaired) electrons. The lowest BCUT2D eigenvalue weighted by molar-refractivity contribution is -0.121. The Morgan fingerprint density at radius 1 is 1.19 bits per heavy atom. The van der Waals surface area contributed by atoms with Crippen LogP contribution in [0.25, 0.3) is 10.9 Å². The molecular weight excluding hydrogens is 264 g/mol. The van der Waals surface area contributed by atoms with Crippen LogP contribution in [0.3, 0.4) is 0 Å². The summed E-state index contributed by atoms with van der Waals surface area (Å²) in [7, 11) is 0. The number of carbonyl (C=O) groups excluding carboxylic acids is 1. The number of aromatic nitrogens is 3. The highest BCUT2D eigenvalue weighted by atomic mass is 16.1. The van der Waals surface area contributed by atoms with E-state index in [-0.39, 0.29) is 5.91 Å². The second-order valence-corrected chi connectivity index (χ2v) is 5.06. The second kappa shape index (κ2) is 6.26. The average Bonchev–Trinajstić information content (AvgIpc) is 3.14. The predicted molar refractivity (Wildman–Crippen MR) is 81.9 cm³/mol. The van der Waals surface area contributed by atoms with Gasteiger partial charge in [0.15, 0.2) is 0 Å². The Morgan fingerprint density at radius 3 is 2.90 bits per heavy atom. The van der Waals surface area contributed by atoms with Crippen LogP contribution in [0, 0.1) is 0 Å². The highest BCUT2D eigenvalue weighted by Gasteiger charge is 2.04. The molecule has 3 N–H and O–H groups in total. The Bertz CT molecular complexity index is 682. The number of aromatic amines is 2. The van der Waals surface area contributed by atoms with E-state index in [2.05, 4.69) is 38.5 Å². The van der Waals surface area contributed by atoms with E-state index in [1.165, 1.54) is 5.39 Å². The van der Waals surface area contributed by atoms with Gasteiger partial charge in [-0.05, 0) is 23.9 Å². The lowest BCUT2D eigenvalue weighted by Gasteiger charge is -2.03. The van der Waals surface area contributed by atoms with Crippen LogP contribution in [0.5, 0.6) is 0 Å². The predicted octanol–water partition coefficient (Wildman–Crippen LogP) is 2.18. The van der Waals surface area contributed by atoms with Gasteiger partial charge in [0.1, 0.15) is 0 Å². The van der Waals surface area contributed by atoms with E-state index >= 15 is 0 Å². The van der Waals surface area contributed by atoms with Crippen LogP contribution in [0.4, 0.5) is 0 Å². The summed E-state index contributed by atoms with van der Waals surface area (Å²) >= 11 is 0. The first kappa shape index (κ1) is 13.4. The van der Waals surface area contributed by atoms with Crippen LogP contribution in [-0.2, 0) is 17.6 Å². The standard InChI is InChI=1S/C16H18N4O/c21-16(6-5-14-10-17-11-19-14)18-8-7-13-9-12-3-1-2-4-15(12)20-13/h1-4,9-11,20H,5-8H2,(H,17,19)(H,18,21). The van der Waals surface area contributed by atoms with Gasteiger partial charge >= 0.3 is 0 Å². The number of rotatable bonds is 6. The van der Waals surface area contributed by atoms with Crippen molar-refractivity contribution in [3.8, 4) is 0 Å². The molecule has 3 rings (SSSR count). The Labute approximate surface area is 122 Å². The highest BCUT2D eigenvalue weighted by molar-refractivity contribution is 5.80. The zero-order valence-corrected chi connectivity index (χ0v) is 11.7. The molecule has 108 valence electrons. The zero-order chi connectivity index (χ0) is 14.5. The number of benzene rings is 1. The lowest BCUT2D eigenvalue weighted by atomic mass is 10.2. The zero-order valence-electron chi connectivity index (χ0n) is 11.7.